The van der Waals surface area contributed by atoms with E-state index in [1.807, 2.05) is 19.1 Å². The molecule has 0 saturated heterocycles. The number of amides is 1. The zero-order valence-corrected chi connectivity index (χ0v) is 13.3. The number of nitrogens with zero attached hydrogens (tertiary/aromatic N) is 4. The molecule has 0 aliphatic rings. The molecule has 0 atom stereocenters. The fourth-order valence-electron chi connectivity index (χ4n) is 2.14. The van der Waals surface area contributed by atoms with E-state index < -0.39 is 12.0 Å². The Morgan fingerprint density at radius 1 is 1.29 bits per heavy atom. The number of alkyl halides is 3. The second-order valence-corrected chi connectivity index (χ2v) is 6.07. The molecule has 0 radical (unpaired) electrons. The minimum absolute atomic E-state index is 0.0718. The molecule has 0 unspecified atom stereocenters. The standard InChI is InChI=1S/C14H12F3N5OS/c1-8-4-2-3-5-9(8)11(23)18-7-6-10-21-22-12(14(15,16)17)19-20-13(22)24-10/h2-5H,6-7H2,1H3,(H,18,23). The summed E-state index contributed by atoms with van der Waals surface area (Å²) in [5.74, 6) is -1.38. The number of carbonyl (C=O) groups excluding carboxylic acids is 1. The van der Waals surface area contributed by atoms with Gasteiger partial charge in [-0.05, 0) is 18.6 Å². The summed E-state index contributed by atoms with van der Waals surface area (Å²) in [6.07, 6.45) is -4.30. The van der Waals surface area contributed by atoms with Crippen LogP contribution in [0.15, 0.2) is 24.3 Å². The van der Waals surface area contributed by atoms with Gasteiger partial charge in [0.1, 0.15) is 5.01 Å². The highest BCUT2D eigenvalue weighted by atomic mass is 32.1. The van der Waals surface area contributed by atoms with Crippen molar-refractivity contribution in [3.05, 3.63) is 46.2 Å². The van der Waals surface area contributed by atoms with E-state index in [9.17, 15) is 18.0 Å². The van der Waals surface area contributed by atoms with E-state index >= 15 is 0 Å². The molecule has 3 aromatic rings. The van der Waals surface area contributed by atoms with Gasteiger partial charge >= 0.3 is 6.18 Å². The summed E-state index contributed by atoms with van der Waals surface area (Å²) in [6.45, 7) is 2.09. The SMILES string of the molecule is Cc1ccccc1C(=O)NCCc1nn2c(C(F)(F)F)nnc2s1. The molecular weight excluding hydrogens is 343 g/mol. The minimum atomic E-state index is -4.61. The molecule has 126 valence electrons. The topological polar surface area (TPSA) is 72.2 Å². The van der Waals surface area contributed by atoms with Gasteiger partial charge in [0.15, 0.2) is 0 Å². The van der Waals surface area contributed by atoms with Crippen molar-refractivity contribution in [2.24, 2.45) is 0 Å². The molecule has 0 aliphatic heterocycles. The number of aromatic nitrogens is 4. The van der Waals surface area contributed by atoms with Crippen LogP contribution in [0.1, 0.15) is 26.8 Å². The predicted molar refractivity (Wildman–Crippen MR) is 80.9 cm³/mol. The average Bonchev–Trinajstić information content (AvgIpc) is 3.06. The lowest BCUT2D eigenvalue weighted by Crippen LogP contribution is -2.26. The van der Waals surface area contributed by atoms with Gasteiger partial charge in [-0.2, -0.15) is 22.8 Å². The van der Waals surface area contributed by atoms with Crippen LogP contribution in [0.3, 0.4) is 0 Å². The molecule has 1 amide bonds. The third kappa shape index (κ3) is 3.23. The molecule has 1 N–H and O–H groups in total. The highest BCUT2D eigenvalue weighted by Gasteiger charge is 2.38. The van der Waals surface area contributed by atoms with E-state index in [1.165, 1.54) is 0 Å². The third-order valence-electron chi connectivity index (χ3n) is 3.30. The molecule has 10 heteroatoms. The van der Waals surface area contributed by atoms with Crippen LogP contribution in [0.2, 0.25) is 0 Å². The highest BCUT2D eigenvalue weighted by molar-refractivity contribution is 7.16. The van der Waals surface area contributed by atoms with E-state index in [1.54, 1.807) is 12.1 Å². The lowest BCUT2D eigenvalue weighted by Gasteiger charge is -2.06. The van der Waals surface area contributed by atoms with Crippen LogP contribution in [0.25, 0.3) is 4.96 Å². The van der Waals surface area contributed by atoms with Crippen molar-refractivity contribution in [1.29, 1.82) is 0 Å². The summed E-state index contributed by atoms with van der Waals surface area (Å²) in [5, 5.41) is 13.6. The first-order valence-corrected chi connectivity index (χ1v) is 7.80. The zero-order valence-electron chi connectivity index (χ0n) is 12.5. The normalized spacial score (nSPS) is 11.8. The summed E-state index contributed by atoms with van der Waals surface area (Å²) in [6, 6.07) is 7.15. The molecule has 2 heterocycles. The van der Waals surface area contributed by atoms with Gasteiger partial charge in [0.05, 0.1) is 0 Å². The van der Waals surface area contributed by atoms with Gasteiger partial charge in [0.2, 0.25) is 4.96 Å². The molecular formula is C14H12F3N5OS. The second kappa shape index (κ2) is 6.19. The summed E-state index contributed by atoms with van der Waals surface area (Å²) < 4.78 is 38.9. The largest absolute Gasteiger partial charge is 0.453 e. The maximum atomic E-state index is 12.7. The third-order valence-corrected chi connectivity index (χ3v) is 4.26. The van der Waals surface area contributed by atoms with Crippen molar-refractivity contribution < 1.29 is 18.0 Å². The van der Waals surface area contributed by atoms with Gasteiger partial charge in [-0.3, -0.25) is 4.79 Å². The first-order chi connectivity index (χ1) is 11.4. The smallest absolute Gasteiger partial charge is 0.352 e. The van der Waals surface area contributed by atoms with E-state index in [-0.39, 0.29) is 17.4 Å². The quantitative estimate of drug-likeness (QED) is 0.780. The Bertz CT molecular complexity index is 886. The van der Waals surface area contributed by atoms with Crippen LogP contribution >= 0.6 is 11.3 Å². The summed E-state index contributed by atoms with van der Waals surface area (Å²) in [4.78, 5) is 12.1. The van der Waals surface area contributed by atoms with E-state index in [4.69, 9.17) is 0 Å². The number of carbonyl (C=O) groups is 1. The summed E-state index contributed by atoms with van der Waals surface area (Å²) in [5.41, 5.74) is 1.42. The van der Waals surface area contributed by atoms with Gasteiger partial charge < -0.3 is 5.32 Å². The van der Waals surface area contributed by atoms with Crippen LogP contribution < -0.4 is 5.32 Å². The molecule has 0 saturated carbocycles. The second-order valence-electron chi connectivity index (χ2n) is 5.03. The van der Waals surface area contributed by atoms with E-state index in [2.05, 4.69) is 20.6 Å². The number of fused-ring (bicyclic) bond motifs is 1. The Hall–Kier alpha value is -2.49. The van der Waals surface area contributed by atoms with Crippen molar-refractivity contribution >= 4 is 22.2 Å². The molecule has 0 fully saturated rings. The monoisotopic (exact) mass is 355 g/mol. The highest BCUT2D eigenvalue weighted by Crippen LogP contribution is 2.28. The molecule has 24 heavy (non-hydrogen) atoms. The van der Waals surface area contributed by atoms with Gasteiger partial charge in [-0.1, -0.05) is 29.5 Å². The number of rotatable bonds is 4. The predicted octanol–water partition coefficient (Wildman–Crippen LogP) is 2.49. The van der Waals surface area contributed by atoms with Crippen LogP contribution in [0, 0.1) is 6.92 Å². The molecule has 0 aliphatic carbocycles. The summed E-state index contributed by atoms with van der Waals surface area (Å²) in [7, 11) is 0. The van der Waals surface area contributed by atoms with Crippen LogP contribution in [-0.4, -0.2) is 32.3 Å². The fraction of sp³-hybridized carbons (Fsp3) is 0.286. The zero-order chi connectivity index (χ0) is 17.3. The Labute approximate surface area is 138 Å². The lowest BCUT2D eigenvalue weighted by molar-refractivity contribution is -0.146. The van der Waals surface area contributed by atoms with Crippen molar-refractivity contribution in [2.45, 2.75) is 19.5 Å². The molecule has 3 rings (SSSR count). The minimum Gasteiger partial charge on any atom is -0.352 e. The number of hydrogen-bond donors (Lipinski definition) is 1. The summed E-state index contributed by atoms with van der Waals surface area (Å²) >= 11 is 1.01. The van der Waals surface area contributed by atoms with Crippen molar-refractivity contribution in [1.82, 2.24) is 25.1 Å². The number of aryl methyl sites for hydroxylation is 1. The Morgan fingerprint density at radius 2 is 2.04 bits per heavy atom. The van der Waals surface area contributed by atoms with Gasteiger partial charge in [0.25, 0.3) is 11.7 Å². The number of benzene rings is 1. The van der Waals surface area contributed by atoms with Crippen molar-refractivity contribution in [3.63, 3.8) is 0 Å². The Kier molecular flexibility index (Phi) is 4.22. The van der Waals surface area contributed by atoms with Gasteiger partial charge in [-0.25, -0.2) is 0 Å². The maximum absolute atomic E-state index is 12.7. The van der Waals surface area contributed by atoms with Crippen LogP contribution in [-0.2, 0) is 12.6 Å². The number of halogens is 3. The van der Waals surface area contributed by atoms with Crippen molar-refractivity contribution in [3.8, 4) is 0 Å². The van der Waals surface area contributed by atoms with Crippen LogP contribution in [0.5, 0.6) is 0 Å². The average molecular weight is 355 g/mol. The molecule has 0 bridgehead atoms. The first-order valence-electron chi connectivity index (χ1n) is 6.98. The maximum Gasteiger partial charge on any atom is 0.453 e. The van der Waals surface area contributed by atoms with Crippen molar-refractivity contribution in [2.75, 3.05) is 6.54 Å². The van der Waals surface area contributed by atoms with E-state index in [0.717, 1.165) is 16.9 Å². The first kappa shape index (κ1) is 16.4. The fourth-order valence-corrected chi connectivity index (χ4v) is 2.97. The Balaban J connectivity index is 1.65. The van der Waals surface area contributed by atoms with Crippen LogP contribution in [0.4, 0.5) is 13.2 Å². The van der Waals surface area contributed by atoms with Gasteiger partial charge in [0, 0.05) is 18.5 Å². The lowest BCUT2D eigenvalue weighted by atomic mass is 10.1. The number of nitrogens with one attached hydrogen (secondary N) is 1. The molecule has 1 aromatic carbocycles. The Morgan fingerprint density at radius 3 is 2.75 bits per heavy atom. The molecule has 0 spiro atoms. The molecule has 6 nitrogen and oxygen atoms in total. The number of hydrogen-bond acceptors (Lipinski definition) is 5. The molecule has 2 aromatic heterocycles. The van der Waals surface area contributed by atoms with E-state index in [0.29, 0.717) is 21.5 Å². The van der Waals surface area contributed by atoms with Gasteiger partial charge in [-0.15, -0.1) is 10.2 Å².